The van der Waals surface area contributed by atoms with E-state index in [0.717, 1.165) is 25.9 Å². The van der Waals surface area contributed by atoms with E-state index in [0.29, 0.717) is 59.0 Å². The molecule has 5 rings (SSSR count). The quantitative estimate of drug-likeness (QED) is 0.463. The van der Waals surface area contributed by atoms with Gasteiger partial charge in [0.05, 0.1) is 29.7 Å². The zero-order valence-electron chi connectivity index (χ0n) is 18.8. The number of piperazine rings is 1. The van der Waals surface area contributed by atoms with E-state index in [-0.39, 0.29) is 24.2 Å². The average molecular weight is 502 g/mol. The molecule has 11 heteroatoms. The molecule has 1 amide bonds. The third-order valence-corrected chi connectivity index (χ3v) is 7.77. The van der Waals surface area contributed by atoms with E-state index < -0.39 is 0 Å². The third kappa shape index (κ3) is 4.63. The zero-order chi connectivity index (χ0) is 23.7. The van der Waals surface area contributed by atoms with Crippen LogP contribution in [-0.2, 0) is 9.53 Å². The predicted octanol–water partition coefficient (Wildman–Crippen LogP) is 1.19. The summed E-state index contributed by atoms with van der Waals surface area (Å²) in [4.78, 5) is 37.8. The van der Waals surface area contributed by atoms with E-state index in [9.17, 15) is 14.7 Å². The molecule has 3 fully saturated rings. The number of carbonyl (C=O) groups excluding carboxylic acids is 1. The summed E-state index contributed by atoms with van der Waals surface area (Å²) in [6.07, 6.45) is 5.25. The van der Waals surface area contributed by atoms with Crippen LogP contribution in [0.15, 0.2) is 34.1 Å². The van der Waals surface area contributed by atoms with E-state index in [4.69, 9.17) is 21.9 Å². The Morgan fingerprint density at radius 1 is 1.24 bits per heavy atom. The number of anilines is 1. The number of rotatable bonds is 6. The van der Waals surface area contributed by atoms with Crippen LogP contribution in [0.2, 0.25) is 0 Å². The maximum Gasteiger partial charge on any atom is 0.267 e. The highest BCUT2D eigenvalue weighted by Gasteiger charge is 2.35. The molecule has 34 heavy (non-hydrogen) atoms. The minimum Gasteiger partial charge on any atom is -0.395 e. The van der Waals surface area contributed by atoms with Crippen LogP contribution in [0.1, 0.15) is 18.4 Å². The highest BCUT2D eigenvalue weighted by Crippen LogP contribution is 2.34. The van der Waals surface area contributed by atoms with Crippen molar-refractivity contribution in [3.05, 3.63) is 45.2 Å². The van der Waals surface area contributed by atoms with E-state index >= 15 is 0 Å². The smallest absolute Gasteiger partial charge is 0.267 e. The summed E-state index contributed by atoms with van der Waals surface area (Å²) in [7, 11) is 0. The molecule has 3 aliphatic heterocycles. The molecule has 0 aliphatic carbocycles. The SMILES string of the molecule is O=C1/C(=C/c2c(N3CCN(CCO)CC3)nc3ccccn3c2=O)SC(=S)N1C[C@H]1CCCO1. The third-order valence-electron chi connectivity index (χ3n) is 6.40. The maximum absolute atomic E-state index is 13.5. The number of amides is 1. The van der Waals surface area contributed by atoms with Crippen molar-refractivity contribution in [3.8, 4) is 0 Å². The number of aromatic nitrogens is 2. The fraction of sp³-hybridized carbons (Fsp3) is 0.478. The molecule has 3 aliphatic rings. The average Bonchev–Trinajstić information content (AvgIpc) is 3.45. The summed E-state index contributed by atoms with van der Waals surface area (Å²) in [5.74, 6) is 0.381. The number of fused-ring (bicyclic) bond motifs is 1. The van der Waals surface area contributed by atoms with Crippen LogP contribution in [0.4, 0.5) is 5.82 Å². The predicted molar refractivity (Wildman–Crippen MR) is 136 cm³/mol. The second-order valence-electron chi connectivity index (χ2n) is 8.56. The van der Waals surface area contributed by atoms with Crippen LogP contribution in [0, 0.1) is 0 Å². The number of carbonyl (C=O) groups is 1. The molecule has 1 atom stereocenters. The first-order valence-electron chi connectivity index (χ1n) is 11.5. The lowest BCUT2D eigenvalue weighted by molar-refractivity contribution is -0.123. The molecule has 0 unspecified atom stereocenters. The van der Waals surface area contributed by atoms with Gasteiger partial charge in [-0.25, -0.2) is 4.98 Å². The number of β-amino-alcohol motifs (C(OH)–C–C–N with tert-alkyl or cyclic N) is 1. The minimum absolute atomic E-state index is 0.000544. The number of aliphatic hydroxyl groups excluding tert-OH is 1. The second-order valence-corrected chi connectivity index (χ2v) is 10.2. The number of ether oxygens (including phenoxy) is 1. The van der Waals surface area contributed by atoms with E-state index in [1.807, 2.05) is 6.07 Å². The Balaban J connectivity index is 1.49. The van der Waals surface area contributed by atoms with Gasteiger partial charge < -0.3 is 14.7 Å². The normalized spacial score (nSPS) is 23.1. The molecular weight excluding hydrogens is 474 g/mol. The molecule has 5 heterocycles. The Hall–Kier alpha value is -2.31. The first-order valence-corrected chi connectivity index (χ1v) is 12.7. The number of pyridine rings is 1. The van der Waals surface area contributed by atoms with E-state index in [1.54, 1.807) is 29.3 Å². The molecule has 0 aromatic carbocycles. The Morgan fingerprint density at radius 3 is 2.79 bits per heavy atom. The van der Waals surface area contributed by atoms with Crippen molar-refractivity contribution in [2.45, 2.75) is 18.9 Å². The van der Waals surface area contributed by atoms with E-state index in [2.05, 4.69) is 9.80 Å². The number of thiocarbonyl (C=S) groups is 1. The maximum atomic E-state index is 13.5. The lowest BCUT2D eigenvalue weighted by Gasteiger charge is -2.35. The fourth-order valence-corrected chi connectivity index (χ4v) is 5.82. The van der Waals surface area contributed by atoms with Crippen LogP contribution in [0.25, 0.3) is 11.7 Å². The van der Waals surface area contributed by atoms with Crippen molar-refractivity contribution in [3.63, 3.8) is 0 Å². The van der Waals surface area contributed by atoms with Crippen molar-refractivity contribution in [2.75, 3.05) is 57.4 Å². The molecule has 9 nitrogen and oxygen atoms in total. The standard InChI is InChI=1S/C23H27N5O4S2/c29-12-11-25-7-9-26(10-8-25)20-17(21(30)27-6-2-1-5-19(27)24-20)14-18-22(31)28(23(33)34-18)15-16-4-3-13-32-16/h1-2,5-6,14,16,29H,3-4,7-13,15H2/b18-14-/t16-/m1/s1. The van der Waals surface area contributed by atoms with Gasteiger partial charge in [-0.2, -0.15) is 0 Å². The van der Waals surface area contributed by atoms with Crippen molar-refractivity contribution >= 4 is 51.7 Å². The van der Waals surface area contributed by atoms with Gasteiger partial charge in [0.2, 0.25) is 0 Å². The molecule has 3 saturated heterocycles. The Morgan fingerprint density at radius 2 is 2.06 bits per heavy atom. The molecule has 0 radical (unpaired) electrons. The summed E-state index contributed by atoms with van der Waals surface area (Å²) >= 11 is 6.71. The van der Waals surface area contributed by atoms with Crippen LogP contribution in [-0.4, -0.2) is 93.1 Å². The first-order chi connectivity index (χ1) is 16.5. The van der Waals surface area contributed by atoms with Gasteiger partial charge in [-0.05, 0) is 31.1 Å². The fourth-order valence-electron chi connectivity index (χ4n) is 4.56. The van der Waals surface area contributed by atoms with Gasteiger partial charge in [0.15, 0.2) is 0 Å². The zero-order valence-corrected chi connectivity index (χ0v) is 20.4. The Labute approximate surface area is 207 Å². The highest BCUT2D eigenvalue weighted by molar-refractivity contribution is 8.26. The highest BCUT2D eigenvalue weighted by atomic mass is 32.2. The number of thioether (sulfide) groups is 1. The van der Waals surface area contributed by atoms with Crippen molar-refractivity contribution in [2.24, 2.45) is 0 Å². The topological polar surface area (TPSA) is 90.6 Å². The van der Waals surface area contributed by atoms with Crippen molar-refractivity contribution < 1.29 is 14.6 Å². The summed E-state index contributed by atoms with van der Waals surface area (Å²) in [5.41, 5.74) is 0.725. The van der Waals surface area contributed by atoms with E-state index in [1.165, 1.54) is 16.2 Å². The lowest BCUT2D eigenvalue weighted by Crippen LogP contribution is -2.48. The molecular formula is C23H27N5O4S2. The second kappa shape index (κ2) is 10.1. The van der Waals surface area contributed by atoms with Crippen LogP contribution in [0.5, 0.6) is 0 Å². The van der Waals surface area contributed by atoms with Crippen LogP contribution in [0.3, 0.4) is 0 Å². The number of hydrogen-bond donors (Lipinski definition) is 1. The number of nitrogens with zero attached hydrogens (tertiary/aromatic N) is 5. The Kier molecular flexibility index (Phi) is 6.98. The van der Waals surface area contributed by atoms with Crippen LogP contribution >= 0.6 is 24.0 Å². The number of aliphatic hydroxyl groups is 1. The minimum atomic E-state index is -0.220. The van der Waals surface area contributed by atoms with Gasteiger partial charge in [0.25, 0.3) is 11.5 Å². The Bertz CT molecular complexity index is 1190. The molecule has 180 valence electrons. The summed E-state index contributed by atoms with van der Waals surface area (Å²) in [6.45, 7) is 4.78. The molecule has 2 aromatic heterocycles. The van der Waals surface area contributed by atoms with Crippen molar-refractivity contribution in [1.82, 2.24) is 19.2 Å². The monoisotopic (exact) mass is 501 g/mol. The molecule has 2 aromatic rings. The largest absolute Gasteiger partial charge is 0.395 e. The van der Waals surface area contributed by atoms with Gasteiger partial charge in [-0.1, -0.05) is 30.0 Å². The number of hydrogen-bond acceptors (Lipinski definition) is 9. The van der Waals surface area contributed by atoms with Crippen LogP contribution < -0.4 is 10.5 Å². The van der Waals surface area contributed by atoms with Gasteiger partial charge in [0.1, 0.15) is 15.8 Å². The molecule has 0 bridgehead atoms. The van der Waals surface area contributed by atoms with Crippen molar-refractivity contribution in [1.29, 1.82) is 0 Å². The summed E-state index contributed by atoms with van der Waals surface area (Å²) < 4.78 is 7.68. The molecule has 0 spiro atoms. The van der Waals surface area contributed by atoms with Gasteiger partial charge in [-0.3, -0.25) is 23.8 Å². The van der Waals surface area contributed by atoms with Gasteiger partial charge in [-0.15, -0.1) is 0 Å². The van der Waals surface area contributed by atoms with Gasteiger partial charge >= 0.3 is 0 Å². The molecule has 1 N–H and O–H groups in total. The molecule has 0 saturated carbocycles. The first kappa shape index (κ1) is 23.4. The van der Waals surface area contributed by atoms with Gasteiger partial charge in [0, 0.05) is 45.5 Å². The summed E-state index contributed by atoms with van der Waals surface area (Å²) in [5, 5.41) is 9.24. The summed E-state index contributed by atoms with van der Waals surface area (Å²) in [6, 6.07) is 5.44. The lowest BCUT2D eigenvalue weighted by atomic mass is 10.2.